The summed E-state index contributed by atoms with van der Waals surface area (Å²) < 4.78 is 13.5. The van der Waals surface area contributed by atoms with Crippen molar-refractivity contribution in [2.24, 2.45) is 5.92 Å². The summed E-state index contributed by atoms with van der Waals surface area (Å²) >= 11 is 0. The first-order valence-corrected chi connectivity index (χ1v) is 6.71. The van der Waals surface area contributed by atoms with E-state index in [9.17, 15) is 4.39 Å². The van der Waals surface area contributed by atoms with Crippen molar-refractivity contribution in [3.05, 3.63) is 35.1 Å². The SMILES string of the molecule is CCCNC(c1cc(C)cc(F)c1)C1CCC1. The van der Waals surface area contributed by atoms with E-state index in [-0.39, 0.29) is 5.82 Å². The lowest BCUT2D eigenvalue weighted by Crippen LogP contribution is -2.32. The van der Waals surface area contributed by atoms with Crippen LogP contribution >= 0.6 is 0 Å². The van der Waals surface area contributed by atoms with Gasteiger partial charge in [0.25, 0.3) is 0 Å². The largest absolute Gasteiger partial charge is 0.310 e. The third kappa shape index (κ3) is 3.06. The Morgan fingerprint density at radius 1 is 1.35 bits per heavy atom. The number of nitrogens with one attached hydrogen (secondary N) is 1. The van der Waals surface area contributed by atoms with Crippen LogP contribution in [0.3, 0.4) is 0 Å². The van der Waals surface area contributed by atoms with Crippen LogP contribution in [0.5, 0.6) is 0 Å². The predicted molar refractivity (Wildman–Crippen MR) is 69.5 cm³/mol. The molecule has 0 amide bonds. The average molecular weight is 235 g/mol. The van der Waals surface area contributed by atoms with Crippen molar-refractivity contribution in [1.82, 2.24) is 5.32 Å². The Hall–Kier alpha value is -0.890. The topological polar surface area (TPSA) is 12.0 Å². The van der Waals surface area contributed by atoms with Crippen LogP contribution in [0.1, 0.15) is 49.8 Å². The lowest BCUT2D eigenvalue weighted by molar-refractivity contribution is 0.230. The summed E-state index contributed by atoms with van der Waals surface area (Å²) in [5.41, 5.74) is 2.14. The molecule has 17 heavy (non-hydrogen) atoms. The Morgan fingerprint density at radius 3 is 2.65 bits per heavy atom. The van der Waals surface area contributed by atoms with E-state index in [1.54, 1.807) is 12.1 Å². The van der Waals surface area contributed by atoms with Gasteiger partial charge in [-0.15, -0.1) is 0 Å². The van der Waals surface area contributed by atoms with E-state index in [1.165, 1.54) is 19.3 Å². The van der Waals surface area contributed by atoms with Crippen LogP contribution in [-0.4, -0.2) is 6.54 Å². The van der Waals surface area contributed by atoms with E-state index in [1.807, 2.05) is 6.92 Å². The monoisotopic (exact) mass is 235 g/mol. The quantitative estimate of drug-likeness (QED) is 0.814. The molecule has 2 rings (SSSR count). The van der Waals surface area contributed by atoms with Gasteiger partial charge in [0, 0.05) is 6.04 Å². The number of halogens is 1. The maximum Gasteiger partial charge on any atom is 0.123 e. The number of benzene rings is 1. The smallest absolute Gasteiger partial charge is 0.123 e. The van der Waals surface area contributed by atoms with Crippen LogP contribution in [0.2, 0.25) is 0 Å². The zero-order valence-corrected chi connectivity index (χ0v) is 10.8. The van der Waals surface area contributed by atoms with Crippen molar-refractivity contribution in [2.75, 3.05) is 6.54 Å². The lowest BCUT2D eigenvalue weighted by Gasteiger charge is -2.35. The Balaban J connectivity index is 2.17. The molecule has 1 aliphatic carbocycles. The van der Waals surface area contributed by atoms with Gasteiger partial charge in [0.15, 0.2) is 0 Å². The summed E-state index contributed by atoms with van der Waals surface area (Å²) in [4.78, 5) is 0. The van der Waals surface area contributed by atoms with Gasteiger partial charge in [-0.1, -0.05) is 19.4 Å². The average Bonchev–Trinajstić information content (AvgIpc) is 2.19. The van der Waals surface area contributed by atoms with Gasteiger partial charge in [0.2, 0.25) is 0 Å². The van der Waals surface area contributed by atoms with Gasteiger partial charge >= 0.3 is 0 Å². The van der Waals surface area contributed by atoms with Crippen molar-refractivity contribution in [3.8, 4) is 0 Å². The van der Waals surface area contributed by atoms with Crippen molar-refractivity contribution >= 4 is 0 Å². The molecule has 0 bridgehead atoms. The second-order valence-electron chi connectivity index (χ2n) is 5.18. The minimum atomic E-state index is -0.109. The van der Waals surface area contributed by atoms with Crippen LogP contribution in [0.4, 0.5) is 4.39 Å². The Labute approximate surface area is 103 Å². The van der Waals surface area contributed by atoms with E-state index in [4.69, 9.17) is 0 Å². The molecule has 1 N–H and O–H groups in total. The van der Waals surface area contributed by atoms with Gasteiger partial charge in [0.1, 0.15) is 5.82 Å². The molecule has 94 valence electrons. The van der Waals surface area contributed by atoms with Crippen LogP contribution < -0.4 is 5.32 Å². The first kappa shape index (κ1) is 12.6. The molecular weight excluding hydrogens is 213 g/mol. The summed E-state index contributed by atoms with van der Waals surface area (Å²) in [7, 11) is 0. The molecule has 1 aromatic rings. The molecule has 0 radical (unpaired) electrons. The molecule has 0 aliphatic heterocycles. The summed E-state index contributed by atoms with van der Waals surface area (Å²) in [6.07, 6.45) is 4.99. The second kappa shape index (κ2) is 5.63. The number of hydrogen-bond acceptors (Lipinski definition) is 1. The van der Waals surface area contributed by atoms with Crippen molar-refractivity contribution in [2.45, 2.75) is 45.6 Å². The summed E-state index contributed by atoms with van der Waals surface area (Å²) in [5, 5.41) is 3.58. The first-order valence-electron chi connectivity index (χ1n) is 6.71. The maximum atomic E-state index is 13.5. The van der Waals surface area contributed by atoms with Gasteiger partial charge < -0.3 is 5.32 Å². The molecule has 1 saturated carbocycles. The van der Waals surface area contributed by atoms with Crippen molar-refractivity contribution in [3.63, 3.8) is 0 Å². The molecular formula is C15H22FN. The highest BCUT2D eigenvalue weighted by Crippen LogP contribution is 2.38. The lowest BCUT2D eigenvalue weighted by atomic mass is 9.77. The van der Waals surface area contributed by atoms with Crippen LogP contribution in [0, 0.1) is 18.7 Å². The highest BCUT2D eigenvalue weighted by Gasteiger charge is 2.28. The summed E-state index contributed by atoms with van der Waals surface area (Å²) in [6.45, 7) is 5.14. The van der Waals surface area contributed by atoms with Gasteiger partial charge in [-0.05, 0) is 61.9 Å². The normalized spacial score (nSPS) is 17.8. The summed E-state index contributed by atoms with van der Waals surface area (Å²) in [6, 6.07) is 5.76. The maximum absolute atomic E-state index is 13.5. The van der Waals surface area contributed by atoms with E-state index in [2.05, 4.69) is 18.3 Å². The molecule has 1 fully saturated rings. The van der Waals surface area contributed by atoms with Gasteiger partial charge in [-0.25, -0.2) is 4.39 Å². The summed E-state index contributed by atoms with van der Waals surface area (Å²) in [5.74, 6) is 0.588. The van der Waals surface area contributed by atoms with Crippen molar-refractivity contribution in [1.29, 1.82) is 0 Å². The molecule has 1 nitrogen and oxygen atoms in total. The fraction of sp³-hybridized carbons (Fsp3) is 0.600. The molecule has 1 unspecified atom stereocenters. The molecule has 1 aliphatic rings. The molecule has 0 spiro atoms. The minimum absolute atomic E-state index is 0.109. The predicted octanol–water partition coefficient (Wildman–Crippen LogP) is 3.97. The molecule has 1 aromatic carbocycles. The highest BCUT2D eigenvalue weighted by molar-refractivity contribution is 5.27. The van der Waals surface area contributed by atoms with Crippen LogP contribution in [0.25, 0.3) is 0 Å². The van der Waals surface area contributed by atoms with Gasteiger partial charge in [-0.3, -0.25) is 0 Å². The fourth-order valence-corrected chi connectivity index (χ4v) is 2.57. The Morgan fingerprint density at radius 2 is 2.12 bits per heavy atom. The highest BCUT2D eigenvalue weighted by atomic mass is 19.1. The molecule has 2 heteroatoms. The van der Waals surface area contributed by atoms with E-state index in [0.717, 1.165) is 24.1 Å². The molecule has 0 saturated heterocycles. The molecule has 1 atom stereocenters. The zero-order valence-electron chi connectivity index (χ0n) is 10.8. The second-order valence-corrected chi connectivity index (χ2v) is 5.18. The zero-order chi connectivity index (χ0) is 12.3. The number of rotatable bonds is 5. The van der Waals surface area contributed by atoms with Gasteiger partial charge in [-0.2, -0.15) is 0 Å². The van der Waals surface area contributed by atoms with Crippen LogP contribution in [-0.2, 0) is 0 Å². The van der Waals surface area contributed by atoms with Gasteiger partial charge in [0.05, 0.1) is 0 Å². The minimum Gasteiger partial charge on any atom is -0.310 e. The van der Waals surface area contributed by atoms with Crippen LogP contribution in [0.15, 0.2) is 18.2 Å². The molecule has 0 heterocycles. The first-order chi connectivity index (χ1) is 8.20. The molecule has 0 aromatic heterocycles. The Bertz CT molecular complexity index is 351. The van der Waals surface area contributed by atoms with E-state index < -0.39 is 0 Å². The van der Waals surface area contributed by atoms with Crippen molar-refractivity contribution < 1.29 is 4.39 Å². The third-order valence-corrected chi connectivity index (χ3v) is 3.66. The van der Waals surface area contributed by atoms with E-state index >= 15 is 0 Å². The fourth-order valence-electron chi connectivity index (χ4n) is 2.57. The number of aryl methyl sites for hydroxylation is 1. The van der Waals surface area contributed by atoms with E-state index in [0.29, 0.717) is 12.0 Å². The Kier molecular flexibility index (Phi) is 4.16. The number of hydrogen-bond donors (Lipinski definition) is 1. The standard InChI is InChI=1S/C15H22FN/c1-3-7-17-15(12-5-4-6-12)13-8-11(2)9-14(16)10-13/h8-10,12,15,17H,3-7H2,1-2H3. The third-order valence-electron chi connectivity index (χ3n) is 3.66.